The van der Waals surface area contributed by atoms with Gasteiger partial charge in [0.2, 0.25) is 0 Å². The highest BCUT2D eigenvalue weighted by Crippen LogP contribution is 2.42. The number of hydrogen-bond acceptors (Lipinski definition) is 2. The van der Waals surface area contributed by atoms with E-state index in [2.05, 4.69) is 59.9 Å². The number of imidazole rings is 1. The van der Waals surface area contributed by atoms with Crippen LogP contribution in [-0.2, 0) is 0 Å². The van der Waals surface area contributed by atoms with Crippen molar-refractivity contribution in [3.8, 4) is 5.69 Å². The summed E-state index contributed by atoms with van der Waals surface area (Å²) in [5.41, 5.74) is 2.81. The molecule has 0 spiro atoms. The minimum Gasteiger partial charge on any atom is -0.380 e. The van der Waals surface area contributed by atoms with Crippen LogP contribution in [0.3, 0.4) is 0 Å². The van der Waals surface area contributed by atoms with Crippen LogP contribution in [0.15, 0.2) is 43.0 Å². The molecule has 3 rings (SSSR count). The van der Waals surface area contributed by atoms with Gasteiger partial charge in [0.1, 0.15) is 0 Å². The summed E-state index contributed by atoms with van der Waals surface area (Å²) in [6.07, 6.45) is 8.17. The van der Waals surface area contributed by atoms with Crippen LogP contribution in [0.4, 0.5) is 5.69 Å². The van der Waals surface area contributed by atoms with Crippen molar-refractivity contribution in [1.29, 1.82) is 0 Å². The Bertz CT molecular complexity index is 572. The van der Waals surface area contributed by atoms with E-state index in [1.165, 1.54) is 24.2 Å². The number of rotatable bonds is 3. The van der Waals surface area contributed by atoms with Crippen LogP contribution in [0, 0.1) is 11.3 Å². The van der Waals surface area contributed by atoms with Gasteiger partial charge in [0.05, 0.1) is 17.7 Å². The van der Waals surface area contributed by atoms with Crippen molar-refractivity contribution < 1.29 is 0 Å². The Balaban J connectivity index is 1.85. The quantitative estimate of drug-likeness (QED) is 0.908. The molecule has 3 nitrogen and oxygen atoms in total. The molecular weight excluding hydrogens is 246 g/mol. The molecule has 0 amide bonds. The van der Waals surface area contributed by atoms with Crippen LogP contribution in [-0.4, -0.2) is 15.6 Å². The van der Waals surface area contributed by atoms with E-state index >= 15 is 0 Å². The van der Waals surface area contributed by atoms with E-state index in [1.807, 2.05) is 18.7 Å². The third-order valence-electron chi connectivity index (χ3n) is 4.36. The van der Waals surface area contributed by atoms with E-state index in [1.54, 1.807) is 0 Å². The molecule has 0 aliphatic heterocycles. The fourth-order valence-electron chi connectivity index (χ4n) is 3.51. The first-order chi connectivity index (χ1) is 9.55. The van der Waals surface area contributed by atoms with Crippen molar-refractivity contribution >= 4 is 5.69 Å². The number of aromatic nitrogens is 2. The highest BCUT2D eigenvalue weighted by Gasteiger charge is 2.36. The van der Waals surface area contributed by atoms with Gasteiger partial charge in [-0.3, -0.25) is 0 Å². The smallest absolute Gasteiger partial charge is 0.0992 e. The summed E-state index contributed by atoms with van der Waals surface area (Å²) in [4.78, 5) is 4.14. The standard InChI is InChI=1S/C17H23N3/c1-13-10-17(2,3)11-15(13)19-14-6-4-5-7-16(14)20-9-8-18-12-20/h4-9,12-13,15,19H,10-11H2,1-3H3. The predicted molar refractivity (Wildman–Crippen MR) is 83.2 cm³/mol. The second-order valence-electron chi connectivity index (χ2n) is 6.79. The van der Waals surface area contributed by atoms with Crippen molar-refractivity contribution in [3.63, 3.8) is 0 Å². The number of anilines is 1. The van der Waals surface area contributed by atoms with Crippen molar-refractivity contribution in [2.45, 2.75) is 39.7 Å². The average molecular weight is 269 g/mol. The van der Waals surface area contributed by atoms with Gasteiger partial charge < -0.3 is 9.88 Å². The fourth-order valence-corrected chi connectivity index (χ4v) is 3.51. The first kappa shape index (κ1) is 13.2. The van der Waals surface area contributed by atoms with Crippen molar-refractivity contribution in [2.75, 3.05) is 5.32 Å². The van der Waals surface area contributed by atoms with Crippen LogP contribution in [0.1, 0.15) is 33.6 Å². The number of hydrogen-bond donors (Lipinski definition) is 1. The minimum absolute atomic E-state index is 0.445. The SMILES string of the molecule is CC1CC(C)(C)CC1Nc1ccccc1-n1ccnc1. The summed E-state index contributed by atoms with van der Waals surface area (Å²) in [6.45, 7) is 7.09. The third-order valence-corrected chi connectivity index (χ3v) is 4.36. The largest absolute Gasteiger partial charge is 0.380 e. The van der Waals surface area contributed by atoms with E-state index < -0.39 is 0 Å². The lowest BCUT2D eigenvalue weighted by Gasteiger charge is -2.22. The normalized spacial score (nSPS) is 24.8. The molecule has 3 heteroatoms. The number of benzene rings is 1. The van der Waals surface area contributed by atoms with Crippen molar-refractivity contribution in [2.24, 2.45) is 11.3 Å². The predicted octanol–water partition coefficient (Wildman–Crippen LogP) is 4.11. The second kappa shape index (κ2) is 4.97. The number of para-hydroxylation sites is 2. The van der Waals surface area contributed by atoms with Gasteiger partial charge in [-0.1, -0.05) is 32.9 Å². The summed E-state index contributed by atoms with van der Waals surface area (Å²) in [6, 6.07) is 9.01. The van der Waals surface area contributed by atoms with Crippen LogP contribution >= 0.6 is 0 Å². The first-order valence-corrected chi connectivity index (χ1v) is 7.39. The van der Waals surface area contributed by atoms with E-state index in [-0.39, 0.29) is 0 Å². The molecule has 1 fully saturated rings. The zero-order chi connectivity index (χ0) is 14.2. The van der Waals surface area contributed by atoms with E-state index in [0.29, 0.717) is 17.4 Å². The summed E-state index contributed by atoms with van der Waals surface area (Å²) in [5.74, 6) is 0.709. The lowest BCUT2D eigenvalue weighted by molar-refractivity contribution is 0.366. The van der Waals surface area contributed by atoms with E-state index in [0.717, 1.165) is 0 Å². The molecule has 1 aliphatic rings. The van der Waals surface area contributed by atoms with Crippen LogP contribution in [0.5, 0.6) is 0 Å². The van der Waals surface area contributed by atoms with Crippen LogP contribution in [0.25, 0.3) is 5.69 Å². The average Bonchev–Trinajstić information content (AvgIpc) is 2.99. The number of nitrogens with zero attached hydrogens (tertiary/aromatic N) is 2. The van der Waals surface area contributed by atoms with E-state index in [4.69, 9.17) is 0 Å². The minimum atomic E-state index is 0.445. The summed E-state index contributed by atoms with van der Waals surface area (Å²) >= 11 is 0. The Hall–Kier alpha value is -1.77. The first-order valence-electron chi connectivity index (χ1n) is 7.39. The lowest BCUT2D eigenvalue weighted by Crippen LogP contribution is -2.23. The maximum atomic E-state index is 4.14. The molecule has 1 saturated carbocycles. The van der Waals surface area contributed by atoms with Gasteiger partial charge >= 0.3 is 0 Å². The molecule has 1 N–H and O–H groups in total. The Morgan fingerprint density at radius 2 is 2.05 bits per heavy atom. The van der Waals surface area contributed by atoms with Gasteiger partial charge in [-0.05, 0) is 36.3 Å². The van der Waals surface area contributed by atoms with Gasteiger partial charge in [0, 0.05) is 18.4 Å². The van der Waals surface area contributed by atoms with Gasteiger partial charge in [0.15, 0.2) is 0 Å². The third kappa shape index (κ3) is 2.58. The van der Waals surface area contributed by atoms with Crippen LogP contribution in [0.2, 0.25) is 0 Å². The molecular formula is C17H23N3. The molecule has 20 heavy (non-hydrogen) atoms. The Labute approximate surface area is 121 Å². The molecule has 0 radical (unpaired) electrons. The van der Waals surface area contributed by atoms with Gasteiger partial charge in [-0.25, -0.2) is 4.98 Å². The highest BCUT2D eigenvalue weighted by atomic mass is 15.1. The Kier molecular flexibility index (Phi) is 3.28. The Morgan fingerprint density at radius 1 is 1.25 bits per heavy atom. The molecule has 1 aliphatic carbocycles. The maximum absolute atomic E-state index is 4.14. The highest BCUT2D eigenvalue weighted by molar-refractivity contribution is 5.61. The zero-order valence-electron chi connectivity index (χ0n) is 12.5. The molecule has 1 aromatic heterocycles. The molecule has 0 saturated heterocycles. The number of nitrogens with one attached hydrogen (secondary N) is 1. The lowest BCUT2D eigenvalue weighted by atomic mass is 9.91. The monoisotopic (exact) mass is 269 g/mol. The molecule has 2 aromatic rings. The zero-order valence-corrected chi connectivity index (χ0v) is 12.5. The van der Waals surface area contributed by atoms with Crippen molar-refractivity contribution in [3.05, 3.63) is 43.0 Å². The summed E-state index contributed by atoms with van der Waals surface area (Å²) in [5, 5.41) is 3.75. The van der Waals surface area contributed by atoms with Crippen molar-refractivity contribution in [1.82, 2.24) is 9.55 Å². The molecule has 2 atom stereocenters. The Morgan fingerprint density at radius 3 is 2.70 bits per heavy atom. The van der Waals surface area contributed by atoms with Gasteiger partial charge in [0.25, 0.3) is 0 Å². The maximum Gasteiger partial charge on any atom is 0.0992 e. The van der Waals surface area contributed by atoms with Crippen LogP contribution < -0.4 is 5.32 Å². The van der Waals surface area contributed by atoms with E-state index in [9.17, 15) is 0 Å². The molecule has 1 aromatic carbocycles. The molecule has 0 bridgehead atoms. The molecule has 2 unspecified atom stereocenters. The fraction of sp³-hybridized carbons (Fsp3) is 0.471. The molecule has 1 heterocycles. The molecule has 106 valence electrons. The van der Waals surface area contributed by atoms with Gasteiger partial charge in [-0.15, -0.1) is 0 Å². The summed E-state index contributed by atoms with van der Waals surface area (Å²) in [7, 11) is 0. The topological polar surface area (TPSA) is 29.9 Å². The second-order valence-corrected chi connectivity index (χ2v) is 6.79. The van der Waals surface area contributed by atoms with Gasteiger partial charge in [-0.2, -0.15) is 0 Å². The summed E-state index contributed by atoms with van der Waals surface area (Å²) < 4.78 is 2.06.